The smallest absolute Gasteiger partial charge is 0.209 e. The SMILES string of the molecule is NS(=O)(=O)CCCOCc1ccccc1Cl. The van der Waals surface area contributed by atoms with Crippen molar-refractivity contribution in [3.63, 3.8) is 0 Å². The molecular formula is C10H14ClNO3S. The van der Waals surface area contributed by atoms with Crippen LogP contribution < -0.4 is 5.14 Å². The first kappa shape index (κ1) is 13.4. The Kier molecular flexibility index (Phi) is 5.21. The molecule has 2 N–H and O–H groups in total. The van der Waals surface area contributed by atoms with Crippen molar-refractivity contribution in [3.05, 3.63) is 34.9 Å². The van der Waals surface area contributed by atoms with E-state index in [0.717, 1.165) is 5.56 Å². The lowest BCUT2D eigenvalue weighted by molar-refractivity contribution is 0.122. The summed E-state index contributed by atoms with van der Waals surface area (Å²) in [7, 11) is -3.38. The molecule has 1 aromatic carbocycles. The molecule has 0 saturated heterocycles. The maximum absolute atomic E-state index is 10.6. The number of hydrogen-bond acceptors (Lipinski definition) is 3. The zero-order chi connectivity index (χ0) is 12.0. The molecule has 0 unspecified atom stereocenters. The fraction of sp³-hybridized carbons (Fsp3) is 0.400. The van der Waals surface area contributed by atoms with Gasteiger partial charge in [-0.25, -0.2) is 13.6 Å². The first-order valence-corrected chi connectivity index (χ1v) is 6.90. The van der Waals surface area contributed by atoms with Crippen molar-refractivity contribution in [1.29, 1.82) is 0 Å². The van der Waals surface area contributed by atoms with Crippen LogP contribution in [0.2, 0.25) is 5.02 Å². The van der Waals surface area contributed by atoms with Gasteiger partial charge in [0.15, 0.2) is 0 Å². The normalized spacial score (nSPS) is 11.6. The molecule has 1 aromatic rings. The van der Waals surface area contributed by atoms with Crippen LogP contribution in [0.25, 0.3) is 0 Å². The van der Waals surface area contributed by atoms with Gasteiger partial charge >= 0.3 is 0 Å². The summed E-state index contributed by atoms with van der Waals surface area (Å²) >= 11 is 5.91. The molecule has 4 nitrogen and oxygen atoms in total. The van der Waals surface area contributed by atoms with Crippen LogP contribution in [0, 0.1) is 0 Å². The van der Waals surface area contributed by atoms with Gasteiger partial charge in [0.1, 0.15) is 0 Å². The molecular weight excluding hydrogens is 250 g/mol. The van der Waals surface area contributed by atoms with Crippen molar-refractivity contribution < 1.29 is 13.2 Å². The summed E-state index contributed by atoms with van der Waals surface area (Å²) in [5, 5.41) is 5.50. The van der Waals surface area contributed by atoms with Gasteiger partial charge in [0.25, 0.3) is 0 Å². The molecule has 0 spiro atoms. The number of nitrogens with two attached hydrogens (primary N) is 1. The van der Waals surface area contributed by atoms with Crippen LogP contribution in [0.1, 0.15) is 12.0 Å². The molecule has 0 aliphatic rings. The first-order chi connectivity index (χ1) is 7.49. The molecule has 0 aliphatic heterocycles. The van der Waals surface area contributed by atoms with E-state index in [0.29, 0.717) is 24.7 Å². The van der Waals surface area contributed by atoms with Crippen LogP contribution >= 0.6 is 11.6 Å². The molecule has 0 bridgehead atoms. The Balaban J connectivity index is 2.24. The van der Waals surface area contributed by atoms with Crippen molar-refractivity contribution in [3.8, 4) is 0 Å². The van der Waals surface area contributed by atoms with Gasteiger partial charge < -0.3 is 4.74 Å². The minimum atomic E-state index is -3.38. The van der Waals surface area contributed by atoms with Crippen molar-refractivity contribution in [2.75, 3.05) is 12.4 Å². The van der Waals surface area contributed by atoms with Crippen molar-refractivity contribution in [1.82, 2.24) is 0 Å². The van der Waals surface area contributed by atoms with Crippen molar-refractivity contribution in [2.24, 2.45) is 5.14 Å². The Morgan fingerprint density at radius 2 is 2.00 bits per heavy atom. The molecule has 0 aliphatic carbocycles. The van der Waals surface area contributed by atoms with Crippen LogP contribution in [0.4, 0.5) is 0 Å². The van der Waals surface area contributed by atoms with Gasteiger partial charge in [-0.3, -0.25) is 0 Å². The van der Waals surface area contributed by atoms with Gasteiger partial charge in [0, 0.05) is 11.6 Å². The minimum absolute atomic E-state index is 0.0600. The van der Waals surface area contributed by atoms with Crippen LogP contribution in [0.15, 0.2) is 24.3 Å². The predicted molar refractivity (Wildman–Crippen MR) is 63.7 cm³/mol. The highest BCUT2D eigenvalue weighted by atomic mass is 35.5. The lowest BCUT2D eigenvalue weighted by Gasteiger charge is -2.05. The van der Waals surface area contributed by atoms with Crippen LogP contribution in [0.5, 0.6) is 0 Å². The van der Waals surface area contributed by atoms with E-state index < -0.39 is 10.0 Å². The standard InChI is InChI=1S/C10H14ClNO3S/c11-10-5-2-1-4-9(10)8-15-6-3-7-16(12,13)14/h1-2,4-5H,3,6-8H2,(H2,12,13,14). The van der Waals surface area contributed by atoms with Gasteiger partial charge in [-0.05, 0) is 18.1 Å². The van der Waals surface area contributed by atoms with Gasteiger partial charge in [0.2, 0.25) is 10.0 Å². The highest BCUT2D eigenvalue weighted by Gasteiger charge is 2.02. The average molecular weight is 264 g/mol. The molecule has 0 radical (unpaired) electrons. The number of primary sulfonamides is 1. The van der Waals surface area contributed by atoms with E-state index in [1.54, 1.807) is 6.07 Å². The summed E-state index contributed by atoms with van der Waals surface area (Å²) in [6.07, 6.45) is 0.392. The highest BCUT2D eigenvalue weighted by molar-refractivity contribution is 7.89. The third-order valence-electron chi connectivity index (χ3n) is 1.93. The lowest BCUT2D eigenvalue weighted by atomic mass is 10.2. The predicted octanol–water partition coefficient (Wildman–Crippen LogP) is 1.54. The second-order valence-corrected chi connectivity index (χ2v) is 5.51. The molecule has 0 aromatic heterocycles. The average Bonchev–Trinajstić information content (AvgIpc) is 2.18. The number of rotatable bonds is 6. The molecule has 16 heavy (non-hydrogen) atoms. The number of hydrogen-bond donors (Lipinski definition) is 1. The number of ether oxygens (including phenoxy) is 1. The van der Waals surface area contributed by atoms with E-state index in [1.165, 1.54) is 0 Å². The zero-order valence-corrected chi connectivity index (χ0v) is 10.3. The third kappa shape index (κ3) is 5.46. The van der Waals surface area contributed by atoms with E-state index in [1.807, 2.05) is 18.2 Å². The van der Waals surface area contributed by atoms with E-state index in [2.05, 4.69) is 0 Å². The second-order valence-electron chi connectivity index (χ2n) is 3.36. The van der Waals surface area contributed by atoms with Gasteiger partial charge in [-0.2, -0.15) is 0 Å². The Morgan fingerprint density at radius 1 is 1.31 bits per heavy atom. The Bertz CT molecular complexity index is 433. The van der Waals surface area contributed by atoms with E-state index in [-0.39, 0.29) is 5.75 Å². The van der Waals surface area contributed by atoms with Crippen LogP contribution in [0.3, 0.4) is 0 Å². The van der Waals surface area contributed by atoms with Gasteiger partial charge in [-0.1, -0.05) is 29.8 Å². The molecule has 1 rings (SSSR count). The monoisotopic (exact) mass is 263 g/mol. The summed E-state index contributed by atoms with van der Waals surface area (Å²) in [6, 6.07) is 7.36. The number of benzene rings is 1. The molecule has 0 atom stereocenters. The van der Waals surface area contributed by atoms with Gasteiger partial charge in [-0.15, -0.1) is 0 Å². The Labute approximate surface area is 100 Å². The number of sulfonamides is 1. The largest absolute Gasteiger partial charge is 0.377 e. The zero-order valence-electron chi connectivity index (χ0n) is 8.73. The maximum Gasteiger partial charge on any atom is 0.209 e. The van der Waals surface area contributed by atoms with E-state index >= 15 is 0 Å². The fourth-order valence-electron chi connectivity index (χ4n) is 1.16. The van der Waals surface area contributed by atoms with Crippen molar-refractivity contribution in [2.45, 2.75) is 13.0 Å². The summed E-state index contributed by atoms with van der Waals surface area (Å²) in [5.41, 5.74) is 0.889. The van der Waals surface area contributed by atoms with Crippen molar-refractivity contribution >= 4 is 21.6 Å². The lowest BCUT2D eigenvalue weighted by Crippen LogP contribution is -2.17. The fourth-order valence-corrected chi connectivity index (χ4v) is 1.87. The Hall–Kier alpha value is -0.620. The summed E-state index contributed by atoms with van der Waals surface area (Å²) < 4.78 is 26.5. The van der Waals surface area contributed by atoms with E-state index in [4.69, 9.17) is 21.5 Å². The Morgan fingerprint density at radius 3 is 2.62 bits per heavy atom. The molecule has 0 amide bonds. The van der Waals surface area contributed by atoms with E-state index in [9.17, 15) is 8.42 Å². The molecule has 6 heteroatoms. The summed E-state index contributed by atoms with van der Waals surface area (Å²) in [5.74, 6) is -0.0600. The van der Waals surface area contributed by atoms with Crippen LogP contribution in [-0.4, -0.2) is 20.8 Å². The summed E-state index contributed by atoms with van der Waals surface area (Å²) in [4.78, 5) is 0. The minimum Gasteiger partial charge on any atom is -0.377 e. The third-order valence-corrected chi connectivity index (χ3v) is 3.16. The quantitative estimate of drug-likeness (QED) is 0.792. The molecule has 90 valence electrons. The molecule has 0 fully saturated rings. The summed E-state index contributed by atoms with van der Waals surface area (Å²) in [6.45, 7) is 0.728. The highest BCUT2D eigenvalue weighted by Crippen LogP contribution is 2.15. The maximum atomic E-state index is 10.6. The van der Waals surface area contributed by atoms with Gasteiger partial charge in [0.05, 0.1) is 12.4 Å². The van der Waals surface area contributed by atoms with Crippen LogP contribution in [-0.2, 0) is 21.4 Å². The molecule has 0 saturated carbocycles. The second kappa shape index (κ2) is 6.20. The molecule has 0 heterocycles. The number of halogens is 1. The topological polar surface area (TPSA) is 69.4 Å². The first-order valence-electron chi connectivity index (χ1n) is 4.80.